The number of carbonyl (C=O) groups excluding carboxylic acids is 1. The molecule has 0 atom stereocenters. The third-order valence-corrected chi connectivity index (χ3v) is 3.11. The van der Waals surface area contributed by atoms with E-state index in [1.54, 1.807) is 12.1 Å². The molecule has 6 heteroatoms. The quantitative estimate of drug-likeness (QED) is 0.733. The van der Waals surface area contributed by atoms with Crippen molar-refractivity contribution in [2.75, 3.05) is 11.6 Å². The molecule has 0 saturated heterocycles. The second-order valence-electron chi connectivity index (χ2n) is 4.21. The van der Waals surface area contributed by atoms with Crippen LogP contribution in [0.3, 0.4) is 0 Å². The molecule has 0 unspecified atom stereocenters. The Morgan fingerprint density at radius 3 is 2.44 bits per heavy atom. The van der Waals surface area contributed by atoms with Gasteiger partial charge in [0.05, 0.1) is 5.69 Å². The first-order valence-corrected chi connectivity index (χ1v) is 6.55. The Bertz CT molecular complexity index is 460. The SMILES string of the molecule is CSc1ccccc1NC(=O)NC(C)(C)C(=O)O. The van der Waals surface area contributed by atoms with E-state index in [0.29, 0.717) is 5.69 Å². The summed E-state index contributed by atoms with van der Waals surface area (Å²) in [5, 5.41) is 13.9. The van der Waals surface area contributed by atoms with E-state index in [2.05, 4.69) is 10.6 Å². The highest BCUT2D eigenvalue weighted by molar-refractivity contribution is 7.98. The summed E-state index contributed by atoms with van der Waals surface area (Å²) in [4.78, 5) is 23.5. The van der Waals surface area contributed by atoms with Gasteiger partial charge in [0.25, 0.3) is 0 Å². The standard InChI is InChI=1S/C12H16N2O3S/c1-12(2,10(15)16)14-11(17)13-8-6-4-5-7-9(8)18-3/h4-7H,1-3H3,(H,15,16)(H2,13,14,17). The molecule has 0 saturated carbocycles. The molecule has 2 amide bonds. The highest BCUT2D eigenvalue weighted by Crippen LogP contribution is 2.24. The molecular formula is C12H16N2O3S. The second-order valence-corrected chi connectivity index (χ2v) is 5.06. The van der Waals surface area contributed by atoms with Gasteiger partial charge in [0.2, 0.25) is 0 Å². The van der Waals surface area contributed by atoms with Crippen LogP contribution in [0.2, 0.25) is 0 Å². The Morgan fingerprint density at radius 1 is 1.28 bits per heavy atom. The summed E-state index contributed by atoms with van der Waals surface area (Å²) in [6.45, 7) is 2.85. The third kappa shape index (κ3) is 3.66. The third-order valence-electron chi connectivity index (χ3n) is 2.32. The maximum Gasteiger partial charge on any atom is 0.328 e. The van der Waals surface area contributed by atoms with E-state index in [-0.39, 0.29) is 0 Å². The normalized spacial score (nSPS) is 10.8. The minimum Gasteiger partial charge on any atom is -0.480 e. The van der Waals surface area contributed by atoms with E-state index in [4.69, 9.17) is 5.11 Å². The molecular weight excluding hydrogens is 252 g/mol. The molecule has 0 aliphatic carbocycles. The molecule has 5 nitrogen and oxygen atoms in total. The van der Waals surface area contributed by atoms with Crippen LogP contribution in [0.1, 0.15) is 13.8 Å². The van der Waals surface area contributed by atoms with Gasteiger partial charge in [-0.25, -0.2) is 9.59 Å². The molecule has 1 rings (SSSR count). The maximum atomic E-state index is 11.7. The number of aliphatic carboxylic acids is 1. The fraction of sp³-hybridized carbons (Fsp3) is 0.333. The van der Waals surface area contributed by atoms with Crippen molar-refractivity contribution < 1.29 is 14.7 Å². The summed E-state index contributed by atoms with van der Waals surface area (Å²) in [7, 11) is 0. The number of thioether (sulfide) groups is 1. The first-order chi connectivity index (χ1) is 8.36. The number of rotatable bonds is 4. The van der Waals surface area contributed by atoms with Crippen molar-refractivity contribution in [1.82, 2.24) is 5.32 Å². The van der Waals surface area contributed by atoms with Crippen molar-refractivity contribution in [2.24, 2.45) is 0 Å². The molecule has 98 valence electrons. The number of para-hydroxylation sites is 1. The molecule has 0 aromatic heterocycles. The fourth-order valence-electron chi connectivity index (χ4n) is 1.24. The second kappa shape index (κ2) is 5.77. The first-order valence-electron chi connectivity index (χ1n) is 5.32. The van der Waals surface area contributed by atoms with Crippen molar-refractivity contribution >= 4 is 29.4 Å². The number of carboxylic acids is 1. The molecule has 0 bridgehead atoms. The van der Waals surface area contributed by atoms with Crippen LogP contribution in [0.25, 0.3) is 0 Å². The number of carboxylic acid groups (broad SMARTS) is 1. The lowest BCUT2D eigenvalue weighted by atomic mass is 10.1. The van der Waals surface area contributed by atoms with Gasteiger partial charge in [-0.2, -0.15) is 0 Å². The Morgan fingerprint density at radius 2 is 1.89 bits per heavy atom. The Kier molecular flexibility index (Phi) is 4.61. The van der Waals surface area contributed by atoms with Gasteiger partial charge in [-0.15, -0.1) is 11.8 Å². The van der Waals surface area contributed by atoms with Crippen molar-refractivity contribution in [2.45, 2.75) is 24.3 Å². The number of benzene rings is 1. The predicted molar refractivity (Wildman–Crippen MR) is 72.1 cm³/mol. The summed E-state index contributed by atoms with van der Waals surface area (Å²) in [5.41, 5.74) is -0.651. The first kappa shape index (κ1) is 14.4. The largest absolute Gasteiger partial charge is 0.480 e. The van der Waals surface area contributed by atoms with Gasteiger partial charge in [-0.05, 0) is 32.2 Å². The van der Waals surface area contributed by atoms with E-state index in [1.165, 1.54) is 25.6 Å². The highest BCUT2D eigenvalue weighted by Gasteiger charge is 2.29. The van der Waals surface area contributed by atoms with Crippen LogP contribution in [0.5, 0.6) is 0 Å². The van der Waals surface area contributed by atoms with E-state index in [9.17, 15) is 9.59 Å². The van der Waals surface area contributed by atoms with E-state index in [0.717, 1.165) is 4.90 Å². The summed E-state index contributed by atoms with van der Waals surface area (Å²) >= 11 is 1.50. The number of carbonyl (C=O) groups is 2. The highest BCUT2D eigenvalue weighted by atomic mass is 32.2. The van der Waals surface area contributed by atoms with Gasteiger partial charge in [0.1, 0.15) is 5.54 Å². The van der Waals surface area contributed by atoms with Crippen LogP contribution < -0.4 is 10.6 Å². The zero-order valence-electron chi connectivity index (χ0n) is 10.5. The summed E-state index contributed by atoms with van der Waals surface area (Å²) in [6.07, 6.45) is 1.90. The zero-order chi connectivity index (χ0) is 13.8. The van der Waals surface area contributed by atoms with Crippen molar-refractivity contribution in [3.63, 3.8) is 0 Å². The van der Waals surface area contributed by atoms with Crippen molar-refractivity contribution in [1.29, 1.82) is 0 Å². The number of urea groups is 1. The topological polar surface area (TPSA) is 78.4 Å². The van der Waals surface area contributed by atoms with Crippen LogP contribution in [0, 0.1) is 0 Å². The molecule has 0 heterocycles. The van der Waals surface area contributed by atoms with Gasteiger partial charge < -0.3 is 15.7 Å². The monoisotopic (exact) mass is 268 g/mol. The molecule has 1 aromatic rings. The zero-order valence-corrected chi connectivity index (χ0v) is 11.3. The lowest BCUT2D eigenvalue weighted by molar-refractivity contribution is -0.142. The molecule has 3 N–H and O–H groups in total. The average molecular weight is 268 g/mol. The van der Waals surface area contributed by atoms with E-state index in [1.807, 2.05) is 18.4 Å². The fourth-order valence-corrected chi connectivity index (χ4v) is 1.79. The van der Waals surface area contributed by atoms with Crippen LogP contribution in [0.4, 0.5) is 10.5 Å². The minimum atomic E-state index is -1.31. The Balaban J connectivity index is 2.74. The average Bonchev–Trinajstić information content (AvgIpc) is 2.28. The molecule has 0 aliphatic heterocycles. The van der Waals surface area contributed by atoms with Crippen LogP contribution in [-0.4, -0.2) is 28.9 Å². The number of amides is 2. The van der Waals surface area contributed by atoms with Crippen LogP contribution in [-0.2, 0) is 4.79 Å². The number of anilines is 1. The minimum absolute atomic E-state index is 0.538. The van der Waals surface area contributed by atoms with Crippen molar-refractivity contribution in [3.05, 3.63) is 24.3 Å². The molecule has 0 fully saturated rings. The predicted octanol–water partition coefficient (Wildman–Crippen LogP) is 2.39. The van der Waals surface area contributed by atoms with Gasteiger partial charge in [0.15, 0.2) is 0 Å². The molecule has 0 radical (unpaired) electrons. The molecule has 18 heavy (non-hydrogen) atoms. The van der Waals surface area contributed by atoms with Gasteiger partial charge >= 0.3 is 12.0 Å². The summed E-state index contributed by atoms with van der Waals surface area (Å²) in [5.74, 6) is -1.09. The Labute approximate surface area is 110 Å². The number of nitrogens with one attached hydrogen (secondary N) is 2. The summed E-state index contributed by atoms with van der Waals surface area (Å²) in [6, 6.07) is 6.78. The molecule has 1 aromatic carbocycles. The lowest BCUT2D eigenvalue weighted by Gasteiger charge is -2.21. The van der Waals surface area contributed by atoms with E-state index < -0.39 is 17.5 Å². The Hall–Kier alpha value is -1.69. The molecule has 0 spiro atoms. The lowest BCUT2D eigenvalue weighted by Crippen LogP contribution is -2.51. The number of hydrogen-bond acceptors (Lipinski definition) is 3. The molecule has 0 aliphatic rings. The van der Waals surface area contributed by atoms with Crippen LogP contribution >= 0.6 is 11.8 Å². The van der Waals surface area contributed by atoms with Crippen LogP contribution in [0.15, 0.2) is 29.2 Å². The summed E-state index contributed by atoms with van der Waals surface area (Å²) < 4.78 is 0. The van der Waals surface area contributed by atoms with E-state index >= 15 is 0 Å². The maximum absolute atomic E-state index is 11.7. The van der Waals surface area contributed by atoms with Gasteiger partial charge in [-0.3, -0.25) is 0 Å². The van der Waals surface area contributed by atoms with Crippen molar-refractivity contribution in [3.8, 4) is 0 Å². The number of hydrogen-bond donors (Lipinski definition) is 3. The smallest absolute Gasteiger partial charge is 0.328 e. The van der Waals surface area contributed by atoms with Gasteiger partial charge in [-0.1, -0.05) is 12.1 Å². The van der Waals surface area contributed by atoms with Gasteiger partial charge in [0, 0.05) is 4.90 Å².